The predicted octanol–water partition coefficient (Wildman–Crippen LogP) is 1.94. The van der Waals surface area contributed by atoms with Gasteiger partial charge in [-0.1, -0.05) is 0 Å². The minimum atomic E-state index is -0.398. The van der Waals surface area contributed by atoms with Crippen LogP contribution >= 0.6 is 0 Å². The van der Waals surface area contributed by atoms with E-state index in [1.54, 1.807) is 20.3 Å². The maximum absolute atomic E-state index is 12.0. The first kappa shape index (κ1) is 14.6. The molecule has 0 aliphatic heterocycles. The lowest BCUT2D eigenvalue weighted by Gasteiger charge is -2.15. The highest BCUT2D eigenvalue weighted by Crippen LogP contribution is 2.35. The van der Waals surface area contributed by atoms with E-state index >= 15 is 0 Å². The smallest absolute Gasteiger partial charge is 0.164 e. The molecule has 0 atom stereocenters. The average molecular weight is 257 g/mol. The SMILES string of the molecule is COc1cc(OCCCF)c(OC)cc1CCN. The van der Waals surface area contributed by atoms with Gasteiger partial charge in [0.2, 0.25) is 0 Å². The minimum absolute atomic E-state index is 0.312. The van der Waals surface area contributed by atoms with E-state index < -0.39 is 6.67 Å². The van der Waals surface area contributed by atoms with Crippen LogP contribution in [0, 0.1) is 0 Å². The fourth-order valence-electron chi connectivity index (χ4n) is 1.63. The molecular formula is C13H20FNO3. The zero-order valence-corrected chi connectivity index (χ0v) is 10.9. The van der Waals surface area contributed by atoms with Crippen molar-refractivity contribution in [2.75, 3.05) is 34.0 Å². The van der Waals surface area contributed by atoms with E-state index in [0.29, 0.717) is 43.2 Å². The summed E-state index contributed by atoms with van der Waals surface area (Å²) in [4.78, 5) is 0. The van der Waals surface area contributed by atoms with E-state index in [0.717, 1.165) is 5.56 Å². The first-order valence-electron chi connectivity index (χ1n) is 5.90. The van der Waals surface area contributed by atoms with Crippen molar-refractivity contribution < 1.29 is 18.6 Å². The number of nitrogens with two attached hydrogens (primary N) is 1. The molecule has 0 radical (unpaired) electrons. The van der Waals surface area contributed by atoms with Crippen LogP contribution < -0.4 is 19.9 Å². The number of benzene rings is 1. The molecule has 0 saturated carbocycles. The summed E-state index contributed by atoms with van der Waals surface area (Å²) in [5, 5.41) is 0. The first-order chi connectivity index (χ1) is 8.76. The van der Waals surface area contributed by atoms with E-state index in [2.05, 4.69) is 0 Å². The Morgan fingerprint density at radius 1 is 1.11 bits per heavy atom. The number of rotatable bonds is 8. The van der Waals surface area contributed by atoms with E-state index in [4.69, 9.17) is 19.9 Å². The van der Waals surface area contributed by atoms with Crippen molar-refractivity contribution in [3.63, 3.8) is 0 Å². The normalized spacial score (nSPS) is 10.2. The van der Waals surface area contributed by atoms with Crippen molar-refractivity contribution in [1.82, 2.24) is 0 Å². The highest BCUT2D eigenvalue weighted by atomic mass is 19.1. The van der Waals surface area contributed by atoms with E-state index in [-0.39, 0.29) is 0 Å². The standard InChI is InChI=1S/C13H20FNO3/c1-16-11-9-13(18-7-3-5-14)12(17-2)8-10(11)4-6-15/h8-9H,3-7,15H2,1-2H3. The van der Waals surface area contributed by atoms with Gasteiger partial charge in [0.1, 0.15) is 5.75 Å². The zero-order chi connectivity index (χ0) is 13.4. The molecule has 0 aliphatic rings. The van der Waals surface area contributed by atoms with E-state index in [1.165, 1.54) is 0 Å². The molecule has 0 unspecified atom stereocenters. The van der Waals surface area contributed by atoms with Gasteiger partial charge in [0.15, 0.2) is 11.5 Å². The predicted molar refractivity (Wildman–Crippen MR) is 68.4 cm³/mol. The number of alkyl halides is 1. The van der Waals surface area contributed by atoms with Crippen LogP contribution in [0.25, 0.3) is 0 Å². The molecule has 1 aromatic carbocycles. The summed E-state index contributed by atoms with van der Waals surface area (Å²) in [6.07, 6.45) is 1.06. The zero-order valence-electron chi connectivity index (χ0n) is 10.9. The second-order valence-corrected chi connectivity index (χ2v) is 3.74. The molecule has 18 heavy (non-hydrogen) atoms. The van der Waals surface area contributed by atoms with Gasteiger partial charge >= 0.3 is 0 Å². The Bertz CT molecular complexity index is 371. The molecule has 0 spiro atoms. The van der Waals surface area contributed by atoms with Crippen LogP contribution in [-0.4, -0.2) is 34.0 Å². The number of hydrogen-bond acceptors (Lipinski definition) is 4. The second-order valence-electron chi connectivity index (χ2n) is 3.74. The van der Waals surface area contributed by atoms with Crippen molar-refractivity contribution in [2.45, 2.75) is 12.8 Å². The molecular weight excluding hydrogens is 237 g/mol. The fourth-order valence-corrected chi connectivity index (χ4v) is 1.63. The Hall–Kier alpha value is -1.49. The van der Waals surface area contributed by atoms with E-state index in [1.807, 2.05) is 6.07 Å². The molecule has 5 heteroatoms. The molecule has 0 amide bonds. The van der Waals surface area contributed by atoms with Gasteiger partial charge in [-0.3, -0.25) is 4.39 Å². The largest absolute Gasteiger partial charge is 0.496 e. The maximum atomic E-state index is 12.0. The van der Waals surface area contributed by atoms with Crippen molar-refractivity contribution >= 4 is 0 Å². The Labute approximate surface area is 107 Å². The van der Waals surface area contributed by atoms with Crippen LogP contribution in [0.15, 0.2) is 12.1 Å². The van der Waals surface area contributed by atoms with E-state index in [9.17, 15) is 4.39 Å². The van der Waals surface area contributed by atoms with Crippen molar-refractivity contribution in [1.29, 1.82) is 0 Å². The third-order valence-electron chi connectivity index (χ3n) is 2.52. The summed E-state index contributed by atoms with van der Waals surface area (Å²) in [5.41, 5.74) is 6.51. The van der Waals surface area contributed by atoms with Crippen LogP contribution in [-0.2, 0) is 6.42 Å². The van der Waals surface area contributed by atoms with Crippen LogP contribution in [0.2, 0.25) is 0 Å². The third kappa shape index (κ3) is 3.77. The van der Waals surface area contributed by atoms with Gasteiger partial charge in [-0.25, -0.2) is 0 Å². The van der Waals surface area contributed by atoms with Crippen LogP contribution in [0.5, 0.6) is 17.2 Å². The quantitative estimate of drug-likeness (QED) is 0.723. The minimum Gasteiger partial charge on any atom is -0.496 e. The Morgan fingerprint density at radius 3 is 2.39 bits per heavy atom. The summed E-state index contributed by atoms with van der Waals surface area (Å²) in [6, 6.07) is 3.60. The maximum Gasteiger partial charge on any atom is 0.164 e. The molecule has 102 valence electrons. The van der Waals surface area contributed by atoms with Gasteiger partial charge in [0.25, 0.3) is 0 Å². The summed E-state index contributed by atoms with van der Waals surface area (Å²) in [5.74, 6) is 1.87. The molecule has 0 heterocycles. The topological polar surface area (TPSA) is 53.7 Å². The van der Waals surface area contributed by atoms with Gasteiger partial charge in [-0.15, -0.1) is 0 Å². The fraction of sp³-hybridized carbons (Fsp3) is 0.538. The van der Waals surface area contributed by atoms with Gasteiger partial charge in [0, 0.05) is 12.5 Å². The van der Waals surface area contributed by atoms with Crippen LogP contribution in [0.4, 0.5) is 4.39 Å². The summed E-state index contributed by atoms with van der Waals surface area (Å²) >= 11 is 0. The molecule has 0 saturated heterocycles. The molecule has 4 nitrogen and oxygen atoms in total. The summed E-state index contributed by atoms with van der Waals surface area (Å²) < 4.78 is 28.0. The summed E-state index contributed by atoms with van der Waals surface area (Å²) in [7, 11) is 3.16. The lowest BCUT2D eigenvalue weighted by Crippen LogP contribution is -2.06. The number of methoxy groups -OCH3 is 2. The lowest BCUT2D eigenvalue weighted by molar-refractivity contribution is 0.271. The molecule has 0 fully saturated rings. The second kappa shape index (κ2) is 7.76. The van der Waals surface area contributed by atoms with Crippen molar-refractivity contribution in [3.05, 3.63) is 17.7 Å². The van der Waals surface area contributed by atoms with Gasteiger partial charge in [-0.05, 0) is 24.6 Å². The van der Waals surface area contributed by atoms with Crippen molar-refractivity contribution in [3.8, 4) is 17.2 Å². The van der Waals surface area contributed by atoms with Crippen LogP contribution in [0.3, 0.4) is 0 Å². The van der Waals surface area contributed by atoms with Gasteiger partial charge < -0.3 is 19.9 Å². The van der Waals surface area contributed by atoms with Crippen LogP contribution in [0.1, 0.15) is 12.0 Å². The Kier molecular flexibility index (Phi) is 6.28. The Balaban J connectivity index is 2.94. The molecule has 1 aromatic rings. The Morgan fingerprint density at radius 2 is 1.83 bits per heavy atom. The molecule has 0 aliphatic carbocycles. The summed E-state index contributed by atoms with van der Waals surface area (Å²) in [6.45, 7) is 0.443. The molecule has 0 aromatic heterocycles. The number of halogens is 1. The number of ether oxygens (including phenoxy) is 3. The monoisotopic (exact) mass is 257 g/mol. The molecule has 2 N–H and O–H groups in total. The van der Waals surface area contributed by atoms with Gasteiger partial charge in [0.05, 0.1) is 27.5 Å². The van der Waals surface area contributed by atoms with Gasteiger partial charge in [-0.2, -0.15) is 0 Å². The lowest BCUT2D eigenvalue weighted by atomic mass is 10.1. The first-order valence-corrected chi connectivity index (χ1v) is 5.90. The third-order valence-corrected chi connectivity index (χ3v) is 2.52. The highest BCUT2D eigenvalue weighted by Gasteiger charge is 2.11. The van der Waals surface area contributed by atoms with Crippen molar-refractivity contribution in [2.24, 2.45) is 5.73 Å². The average Bonchev–Trinajstić information content (AvgIpc) is 2.40. The highest BCUT2D eigenvalue weighted by molar-refractivity contribution is 5.50. The molecule has 0 bridgehead atoms. The molecule has 1 rings (SSSR count). The number of hydrogen-bond donors (Lipinski definition) is 1.